The van der Waals surface area contributed by atoms with E-state index in [1.165, 1.54) is 23.1 Å². The standard InChI is InChI=1S/C12H12ClN3OS2/c1-16(9(17)7-18-2)12-10(13)15-11(19-12)8-4-3-5-14-6-8/h3-6H,7H2,1-2H3. The van der Waals surface area contributed by atoms with Crippen LogP contribution < -0.4 is 4.90 Å². The molecule has 2 heterocycles. The van der Waals surface area contributed by atoms with Gasteiger partial charge in [0.05, 0.1) is 5.75 Å². The molecular formula is C12H12ClN3OS2. The number of nitrogens with zero attached hydrogens (tertiary/aromatic N) is 3. The van der Waals surface area contributed by atoms with Crippen LogP contribution in [-0.4, -0.2) is 34.9 Å². The predicted octanol–water partition coefficient (Wildman–Crippen LogP) is 3.18. The van der Waals surface area contributed by atoms with Crippen molar-refractivity contribution in [2.45, 2.75) is 0 Å². The van der Waals surface area contributed by atoms with Gasteiger partial charge in [-0.25, -0.2) is 4.98 Å². The molecule has 0 aliphatic carbocycles. The molecule has 0 bridgehead atoms. The summed E-state index contributed by atoms with van der Waals surface area (Å²) in [6.45, 7) is 0. The van der Waals surface area contributed by atoms with Crippen LogP contribution in [0.2, 0.25) is 5.15 Å². The fourth-order valence-electron chi connectivity index (χ4n) is 1.45. The summed E-state index contributed by atoms with van der Waals surface area (Å²) in [4.78, 5) is 21.7. The first-order valence-electron chi connectivity index (χ1n) is 5.45. The highest BCUT2D eigenvalue weighted by Gasteiger charge is 2.18. The van der Waals surface area contributed by atoms with E-state index in [1.807, 2.05) is 18.4 Å². The number of anilines is 1. The Bertz CT molecular complexity index is 574. The number of carbonyl (C=O) groups excluding carboxylic acids is 1. The maximum absolute atomic E-state index is 11.9. The molecule has 2 rings (SSSR count). The Labute approximate surface area is 124 Å². The fraction of sp³-hybridized carbons (Fsp3) is 0.250. The van der Waals surface area contributed by atoms with Gasteiger partial charge >= 0.3 is 0 Å². The Morgan fingerprint density at radius 2 is 2.37 bits per heavy atom. The summed E-state index contributed by atoms with van der Waals surface area (Å²) in [5, 5.41) is 1.78. The van der Waals surface area contributed by atoms with Gasteiger partial charge < -0.3 is 4.90 Å². The zero-order valence-electron chi connectivity index (χ0n) is 10.5. The third-order valence-corrected chi connectivity index (χ3v) is 4.52. The zero-order valence-corrected chi connectivity index (χ0v) is 12.8. The van der Waals surface area contributed by atoms with Gasteiger partial charge in [0.25, 0.3) is 0 Å². The van der Waals surface area contributed by atoms with Crippen LogP contribution in [0.25, 0.3) is 10.6 Å². The van der Waals surface area contributed by atoms with E-state index in [4.69, 9.17) is 11.6 Å². The molecular weight excluding hydrogens is 302 g/mol. The maximum atomic E-state index is 11.9. The van der Waals surface area contributed by atoms with Gasteiger partial charge in [-0.05, 0) is 18.4 Å². The smallest absolute Gasteiger partial charge is 0.237 e. The molecule has 2 aromatic heterocycles. The van der Waals surface area contributed by atoms with Crippen LogP contribution in [0.4, 0.5) is 5.00 Å². The molecule has 0 spiro atoms. The Morgan fingerprint density at radius 1 is 1.58 bits per heavy atom. The first-order valence-corrected chi connectivity index (χ1v) is 8.04. The van der Waals surface area contributed by atoms with Gasteiger partial charge in [0.15, 0.2) is 5.15 Å². The van der Waals surface area contributed by atoms with Crippen molar-refractivity contribution in [1.82, 2.24) is 9.97 Å². The van der Waals surface area contributed by atoms with Gasteiger partial charge in [-0.1, -0.05) is 22.9 Å². The molecule has 4 nitrogen and oxygen atoms in total. The predicted molar refractivity (Wildman–Crippen MR) is 82.1 cm³/mol. The van der Waals surface area contributed by atoms with E-state index < -0.39 is 0 Å². The normalized spacial score (nSPS) is 10.5. The van der Waals surface area contributed by atoms with Crippen LogP contribution in [0, 0.1) is 0 Å². The van der Waals surface area contributed by atoms with Crippen molar-refractivity contribution in [2.75, 3.05) is 24.0 Å². The largest absolute Gasteiger partial charge is 0.304 e. The van der Waals surface area contributed by atoms with E-state index in [2.05, 4.69) is 9.97 Å². The van der Waals surface area contributed by atoms with Crippen LogP contribution >= 0.6 is 34.7 Å². The lowest BCUT2D eigenvalue weighted by Gasteiger charge is -2.13. The number of aromatic nitrogens is 2. The highest BCUT2D eigenvalue weighted by molar-refractivity contribution is 7.99. The van der Waals surface area contributed by atoms with Gasteiger partial charge in [0.1, 0.15) is 10.0 Å². The Balaban J connectivity index is 2.29. The number of hydrogen-bond donors (Lipinski definition) is 0. The van der Waals surface area contributed by atoms with Crippen LogP contribution in [0.5, 0.6) is 0 Å². The minimum Gasteiger partial charge on any atom is -0.304 e. The first kappa shape index (κ1) is 14.3. The van der Waals surface area contributed by atoms with Crippen molar-refractivity contribution in [1.29, 1.82) is 0 Å². The summed E-state index contributed by atoms with van der Waals surface area (Å²) in [7, 11) is 1.71. The van der Waals surface area contributed by atoms with Crippen molar-refractivity contribution in [3.05, 3.63) is 29.7 Å². The molecule has 0 aliphatic heterocycles. The first-order chi connectivity index (χ1) is 9.13. The molecule has 0 radical (unpaired) electrons. The lowest BCUT2D eigenvalue weighted by atomic mass is 10.3. The number of hydrogen-bond acceptors (Lipinski definition) is 5. The monoisotopic (exact) mass is 313 g/mol. The van der Waals surface area contributed by atoms with Gasteiger partial charge in [-0.3, -0.25) is 9.78 Å². The average molecular weight is 314 g/mol. The summed E-state index contributed by atoms with van der Waals surface area (Å²) < 4.78 is 0. The molecule has 0 aromatic carbocycles. The summed E-state index contributed by atoms with van der Waals surface area (Å²) in [5.41, 5.74) is 0.895. The van der Waals surface area contributed by atoms with E-state index >= 15 is 0 Å². The topological polar surface area (TPSA) is 46.1 Å². The average Bonchev–Trinajstić information content (AvgIpc) is 2.81. The molecule has 2 aromatic rings. The van der Waals surface area contributed by atoms with Crippen molar-refractivity contribution < 1.29 is 4.79 Å². The molecule has 0 fully saturated rings. The van der Waals surface area contributed by atoms with Gasteiger partial charge in [0, 0.05) is 25.0 Å². The molecule has 0 saturated carbocycles. The molecule has 19 heavy (non-hydrogen) atoms. The number of pyridine rings is 1. The summed E-state index contributed by atoms with van der Waals surface area (Å²) in [5.74, 6) is 0.434. The number of halogens is 1. The Morgan fingerprint density at radius 3 is 3.00 bits per heavy atom. The number of amides is 1. The van der Waals surface area contributed by atoms with Crippen molar-refractivity contribution in [3.8, 4) is 10.6 Å². The Kier molecular flexibility index (Phi) is 4.79. The molecule has 0 N–H and O–H groups in total. The van der Waals surface area contributed by atoms with Gasteiger partial charge in [0.2, 0.25) is 5.91 Å². The molecule has 0 aliphatic rings. The van der Waals surface area contributed by atoms with Crippen LogP contribution in [0.1, 0.15) is 0 Å². The number of thiazole rings is 1. The summed E-state index contributed by atoms with van der Waals surface area (Å²) >= 11 is 8.98. The molecule has 0 atom stereocenters. The third-order valence-electron chi connectivity index (χ3n) is 2.42. The number of carbonyl (C=O) groups is 1. The molecule has 1 amide bonds. The zero-order chi connectivity index (χ0) is 13.8. The minimum atomic E-state index is 0.00999. The molecule has 100 valence electrons. The lowest BCUT2D eigenvalue weighted by molar-refractivity contribution is -0.115. The fourth-order valence-corrected chi connectivity index (χ4v) is 3.19. The number of thioether (sulfide) groups is 1. The van der Waals surface area contributed by atoms with E-state index in [0.717, 1.165) is 10.6 Å². The second kappa shape index (κ2) is 6.36. The SMILES string of the molecule is CSCC(=O)N(C)c1sc(-c2cccnc2)nc1Cl. The van der Waals surface area contributed by atoms with Crippen LogP contribution in [0.3, 0.4) is 0 Å². The van der Waals surface area contributed by atoms with Gasteiger partial charge in [-0.15, -0.1) is 0 Å². The van der Waals surface area contributed by atoms with Crippen LogP contribution in [-0.2, 0) is 4.79 Å². The highest BCUT2D eigenvalue weighted by atomic mass is 35.5. The Hall–Kier alpha value is -1.11. The van der Waals surface area contributed by atoms with Gasteiger partial charge in [-0.2, -0.15) is 11.8 Å². The van der Waals surface area contributed by atoms with E-state index in [9.17, 15) is 4.79 Å². The summed E-state index contributed by atoms with van der Waals surface area (Å²) in [6.07, 6.45) is 5.32. The van der Waals surface area contributed by atoms with Crippen molar-refractivity contribution in [3.63, 3.8) is 0 Å². The van der Waals surface area contributed by atoms with E-state index in [0.29, 0.717) is 15.9 Å². The maximum Gasteiger partial charge on any atom is 0.237 e. The lowest BCUT2D eigenvalue weighted by Crippen LogP contribution is -2.27. The summed E-state index contributed by atoms with van der Waals surface area (Å²) in [6, 6.07) is 3.75. The highest BCUT2D eigenvalue weighted by Crippen LogP contribution is 2.36. The van der Waals surface area contributed by atoms with Crippen molar-refractivity contribution in [2.24, 2.45) is 0 Å². The second-order valence-corrected chi connectivity index (χ2v) is 5.94. The molecule has 0 unspecified atom stereocenters. The van der Waals surface area contributed by atoms with E-state index in [-0.39, 0.29) is 5.91 Å². The van der Waals surface area contributed by atoms with E-state index in [1.54, 1.807) is 24.3 Å². The second-order valence-electron chi connectivity index (χ2n) is 3.74. The van der Waals surface area contributed by atoms with Crippen molar-refractivity contribution >= 4 is 45.6 Å². The van der Waals surface area contributed by atoms with Crippen LogP contribution in [0.15, 0.2) is 24.5 Å². The molecule has 7 heteroatoms. The third kappa shape index (κ3) is 3.26. The molecule has 0 saturated heterocycles. The number of rotatable bonds is 4. The minimum absolute atomic E-state index is 0.00999. The quantitative estimate of drug-likeness (QED) is 0.869.